The Balaban J connectivity index is 1.95. The molecule has 2 heterocycles. The second-order valence-electron chi connectivity index (χ2n) is 4.88. The van der Waals surface area contributed by atoms with Gasteiger partial charge in [0, 0.05) is 19.3 Å². The van der Waals surface area contributed by atoms with Gasteiger partial charge in [-0.1, -0.05) is 18.2 Å². The average Bonchev–Trinajstić information content (AvgIpc) is 2.88. The molecule has 0 saturated heterocycles. The van der Waals surface area contributed by atoms with Crippen LogP contribution in [0.1, 0.15) is 12.7 Å². The van der Waals surface area contributed by atoms with Crippen molar-refractivity contribution in [2.45, 2.75) is 13.5 Å². The predicted molar refractivity (Wildman–Crippen MR) is 83.9 cm³/mol. The summed E-state index contributed by atoms with van der Waals surface area (Å²) in [5.41, 5.74) is 7.91. The van der Waals surface area contributed by atoms with Crippen LogP contribution < -0.4 is 10.6 Å². The Labute approximate surface area is 123 Å². The molecule has 0 radical (unpaired) electrons. The number of nitrogens with zero attached hydrogens (tertiary/aromatic N) is 5. The maximum absolute atomic E-state index is 6.00. The third kappa shape index (κ3) is 2.52. The summed E-state index contributed by atoms with van der Waals surface area (Å²) in [5.74, 6) is 1.18. The summed E-state index contributed by atoms with van der Waals surface area (Å²) in [6.45, 7) is 3.60. The summed E-state index contributed by atoms with van der Waals surface area (Å²) in [4.78, 5) is 11.2. The number of hydrogen-bond donors (Lipinski definition) is 1. The smallest absolute Gasteiger partial charge is 0.163 e. The lowest BCUT2D eigenvalue weighted by atomic mass is 10.3. The molecule has 2 aromatic heterocycles. The number of nitrogen functional groups attached to an aromatic ring is 1. The quantitative estimate of drug-likeness (QED) is 0.792. The Morgan fingerprint density at radius 1 is 1.19 bits per heavy atom. The van der Waals surface area contributed by atoms with Gasteiger partial charge in [-0.05, 0) is 19.1 Å². The Morgan fingerprint density at radius 3 is 2.67 bits per heavy atom. The monoisotopic (exact) mass is 282 g/mol. The van der Waals surface area contributed by atoms with Gasteiger partial charge < -0.3 is 10.6 Å². The summed E-state index contributed by atoms with van der Waals surface area (Å²) < 4.78 is 1.72. The maximum Gasteiger partial charge on any atom is 0.163 e. The fourth-order valence-corrected chi connectivity index (χ4v) is 2.36. The van der Waals surface area contributed by atoms with Crippen LogP contribution in [0.5, 0.6) is 0 Å². The summed E-state index contributed by atoms with van der Waals surface area (Å²) in [5, 5.41) is 4.97. The molecule has 0 unspecified atom stereocenters. The van der Waals surface area contributed by atoms with Crippen molar-refractivity contribution in [2.24, 2.45) is 7.05 Å². The van der Waals surface area contributed by atoms with Gasteiger partial charge in [0.15, 0.2) is 11.5 Å². The summed E-state index contributed by atoms with van der Waals surface area (Å²) in [7, 11) is 1.85. The van der Waals surface area contributed by atoms with Crippen molar-refractivity contribution in [2.75, 3.05) is 17.2 Å². The standard InChI is InChI=1S/C15H18N6/c1-3-21(11-7-5-4-6-8-11)10-13-18-14(16)12-9-17-20(2)15(12)19-13/h4-9H,3,10H2,1-2H3,(H2,16,18,19). The minimum absolute atomic E-state index is 0.479. The minimum atomic E-state index is 0.479. The van der Waals surface area contributed by atoms with E-state index in [-0.39, 0.29) is 0 Å². The third-order valence-corrected chi connectivity index (χ3v) is 3.50. The van der Waals surface area contributed by atoms with E-state index >= 15 is 0 Å². The fourth-order valence-electron chi connectivity index (χ4n) is 2.36. The number of benzene rings is 1. The van der Waals surface area contributed by atoms with E-state index in [2.05, 4.69) is 39.0 Å². The molecular formula is C15H18N6. The number of aromatic nitrogens is 4. The zero-order chi connectivity index (χ0) is 14.8. The van der Waals surface area contributed by atoms with Gasteiger partial charge in [0.05, 0.1) is 18.1 Å². The SMILES string of the molecule is CCN(Cc1nc(N)c2cnn(C)c2n1)c1ccccc1. The lowest BCUT2D eigenvalue weighted by molar-refractivity contribution is 0.760. The van der Waals surface area contributed by atoms with E-state index in [0.29, 0.717) is 18.2 Å². The molecule has 0 fully saturated rings. The normalized spacial score (nSPS) is 11.0. The Morgan fingerprint density at radius 2 is 1.95 bits per heavy atom. The first-order valence-corrected chi connectivity index (χ1v) is 6.93. The van der Waals surface area contributed by atoms with E-state index in [4.69, 9.17) is 5.73 Å². The Hall–Kier alpha value is -2.63. The van der Waals surface area contributed by atoms with Crippen molar-refractivity contribution in [1.82, 2.24) is 19.7 Å². The van der Waals surface area contributed by atoms with Crippen molar-refractivity contribution in [1.29, 1.82) is 0 Å². The number of para-hydroxylation sites is 1. The molecule has 1 aromatic carbocycles. The van der Waals surface area contributed by atoms with Crippen LogP contribution in [0.2, 0.25) is 0 Å². The summed E-state index contributed by atoms with van der Waals surface area (Å²) >= 11 is 0. The van der Waals surface area contributed by atoms with Crippen LogP contribution >= 0.6 is 0 Å². The number of anilines is 2. The lowest BCUT2D eigenvalue weighted by Crippen LogP contribution is -2.23. The van der Waals surface area contributed by atoms with Gasteiger partial charge >= 0.3 is 0 Å². The third-order valence-electron chi connectivity index (χ3n) is 3.50. The van der Waals surface area contributed by atoms with Gasteiger partial charge in [-0.25, -0.2) is 9.97 Å². The molecule has 108 valence electrons. The second-order valence-corrected chi connectivity index (χ2v) is 4.88. The molecule has 0 bridgehead atoms. The van der Waals surface area contributed by atoms with Crippen LogP contribution in [0.4, 0.5) is 11.5 Å². The number of fused-ring (bicyclic) bond motifs is 1. The van der Waals surface area contributed by atoms with E-state index < -0.39 is 0 Å². The highest BCUT2D eigenvalue weighted by molar-refractivity contribution is 5.84. The van der Waals surface area contributed by atoms with Crippen LogP contribution in [0.15, 0.2) is 36.5 Å². The van der Waals surface area contributed by atoms with Gasteiger partial charge in [0.1, 0.15) is 5.82 Å². The number of rotatable bonds is 4. The summed E-state index contributed by atoms with van der Waals surface area (Å²) in [6.07, 6.45) is 1.70. The first-order chi connectivity index (χ1) is 10.2. The minimum Gasteiger partial charge on any atom is -0.383 e. The van der Waals surface area contributed by atoms with Crippen LogP contribution in [0, 0.1) is 0 Å². The lowest BCUT2D eigenvalue weighted by Gasteiger charge is -2.22. The molecule has 0 aliphatic carbocycles. The van der Waals surface area contributed by atoms with Crippen LogP contribution in [-0.2, 0) is 13.6 Å². The summed E-state index contributed by atoms with van der Waals surface area (Å²) in [6, 6.07) is 10.2. The first kappa shape index (κ1) is 13.4. The van der Waals surface area contributed by atoms with Gasteiger partial charge in [-0.15, -0.1) is 0 Å². The van der Waals surface area contributed by atoms with Gasteiger partial charge in [0.2, 0.25) is 0 Å². The van der Waals surface area contributed by atoms with E-state index in [1.807, 2.05) is 25.2 Å². The topological polar surface area (TPSA) is 72.9 Å². The molecule has 0 amide bonds. The molecule has 0 atom stereocenters. The van der Waals surface area contributed by atoms with Crippen LogP contribution in [0.3, 0.4) is 0 Å². The second kappa shape index (κ2) is 5.40. The number of hydrogen-bond acceptors (Lipinski definition) is 5. The molecule has 0 aliphatic rings. The van der Waals surface area contributed by atoms with Gasteiger partial charge in [-0.3, -0.25) is 4.68 Å². The Bertz CT molecular complexity index is 749. The maximum atomic E-state index is 6.00. The van der Waals surface area contributed by atoms with Gasteiger partial charge in [-0.2, -0.15) is 5.10 Å². The van der Waals surface area contributed by atoms with Crippen LogP contribution in [-0.4, -0.2) is 26.3 Å². The molecular weight excluding hydrogens is 264 g/mol. The molecule has 21 heavy (non-hydrogen) atoms. The van der Waals surface area contributed by atoms with Gasteiger partial charge in [0.25, 0.3) is 0 Å². The van der Waals surface area contributed by atoms with Crippen molar-refractivity contribution in [3.8, 4) is 0 Å². The van der Waals surface area contributed by atoms with E-state index in [1.54, 1.807) is 10.9 Å². The molecule has 6 heteroatoms. The van der Waals surface area contributed by atoms with Crippen molar-refractivity contribution in [3.63, 3.8) is 0 Å². The molecule has 0 spiro atoms. The molecule has 3 rings (SSSR count). The average molecular weight is 282 g/mol. The van der Waals surface area contributed by atoms with Crippen molar-refractivity contribution in [3.05, 3.63) is 42.4 Å². The zero-order valence-electron chi connectivity index (χ0n) is 12.2. The largest absolute Gasteiger partial charge is 0.383 e. The molecule has 0 saturated carbocycles. The highest BCUT2D eigenvalue weighted by Crippen LogP contribution is 2.19. The Kier molecular flexibility index (Phi) is 3.43. The highest BCUT2D eigenvalue weighted by Gasteiger charge is 2.12. The molecule has 3 aromatic rings. The van der Waals surface area contributed by atoms with Crippen molar-refractivity contribution >= 4 is 22.5 Å². The zero-order valence-corrected chi connectivity index (χ0v) is 12.2. The molecule has 0 aliphatic heterocycles. The van der Waals surface area contributed by atoms with Crippen molar-refractivity contribution < 1.29 is 0 Å². The van der Waals surface area contributed by atoms with Crippen LogP contribution in [0.25, 0.3) is 11.0 Å². The number of nitrogens with two attached hydrogens (primary N) is 1. The predicted octanol–water partition coefficient (Wildman–Crippen LogP) is 1.97. The van der Waals surface area contributed by atoms with E-state index in [9.17, 15) is 0 Å². The van der Waals surface area contributed by atoms with E-state index in [1.165, 1.54) is 0 Å². The molecule has 2 N–H and O–H groups in total. The fraction of sp³-hybridized carbons (Fsp3) is 0.267. The highest BCUT2D eigenvalue weighted by atomic mass is 15.3. The first-order valence-electron chi connectivity index (χ1n) is 6.93. The van der Waals surface area contributed by atoms with E-state index in [0.717, 1.165) is 23.3 Å². The molecule has 6 nitrogen and oxygen atoms in total. The number of aryl methyl sites for hydroxylation is 1.